The predicted molar refractivity (Wildman–Crippen MR) is 76.3 cm³/mol. The lowest BCUT2D eigenvalue weighted by Crippen LogP contribution is -2.51. The average molecular weight is 259 g/mol. The van der Waals surface area contributed by atoms with Crippen molar-refractivity contribution in [3.63, 3.8) is 0 Å². The molecule has 104 valence electrons. The molecule has 4 aliphatic carbocycles. The molecule has 0 spiro atoms. The Labute approximate surface area is 116 Å². The van der Waals surface area contributed by atoms with E-state index in [1.54, 1.807) is 5.57 Å². The standard InChI is InChI=1S/C17H25NO/c1-17-8-6-14-13-5-3-12(18-19)10-11(13)2-4-15(14)16(17)7-9-17/h10,13-16,19H,2-9H2,1H3/b18-12-. The van der Waals surface area contributed by atoms with Gasteiger partial charge >= 0.3 is 0 Å². The van der Waals surface area contributed by atoms with E-state index in [9.17, 15) is 0 Å². The first kappa shape index (κ1) is 12.0. The van der Waals surface area contributed by atoms with Crippen LogP contribution in [-0.4, -0.2) is 10.9 Å². The summed E-state index contributed by atoms with van der Waals surface area (Å²) in [6.45, 7) is 2.54. The largest absolute Gasteiger partial charge is 0.411 e. The molecule has 5 unspecified atom stereocenters. The highest BCUT2D eigenvalue weighted by Crippen LogP contribution is 2.63. The zero-order chi connectivity index (χ0) is 13.0. The molecule has 0 aromatic carbocycles. The van der Waals surface area contributed by atoms with E-state index in [1.165, 1.54) is 44.9 Å². The van der Waals surface area contributed by atoms with Gasteiger partial charge in [0, 0.05) is 0 Å². The van der Waals surface area contributed by atoms with Crippen LogP contribution in [0.4, 0.5) is 0 Å². The van der Waals surface area contributed by atoms with Crippen molar-refractivity contribution in [2.24, 2.45) is 34.2 Å². The molecule has 4 rings (SSSR count). The van der Waals surface area contributed by atoms with Crippen LogP contribution in [0, 0.1) is 29.1 Å². The number of allylic oxidation sites excluding steroid dienone is 2. The van der Waals surface area contributed by atoms with Crippen molar-refractivity contribution in [1.29, 1.82) is 0 Å². The zero-order valence-electron chi connectivity index (χ0n) is 11.9. The number of nitrogens with zero attached hydrogens (tertiary/aromatic N) is 1. The van der Waals surface area contributed by atoms with Crippen LogP contribution >= 0.6 is 0 Å². The fourth-order valence-corrected chi connectivity index (χ4v) is 5.81. The van der Waals surface area contributed by atoms with Crippen LogP contribution in [0.2, 0.25) is 0 Å². The predicted octanol–water partition coefficient (Wildman–Crippen LogP) is 4.39. The molecular formula is C17H25NO. The van der Waals surface area contributed by atoms with E-state index < -0.39 is 0 Å². The van der Waals surface area contributed by atoms with Gasteiger partial charge in [0.1, 0.15) is 0 Å². The normalized spacial score (nSPS) is 50.6. The highest BCUT2D eigenvalue weighted by atomic mass is 16.4. The Hall–Kier alpha value is -0.790. The second-order valence-electron chi connectivity index (χ2n) is 7.66. The third kappa shape index (κ3) is 1.64. The molecule has 0 amide bonds. The Balaban J connectivity index is 1.61. The van der Waals surface area contributed by atoms with Crippen molar-refractivity contribution in [2.45, 2.75) is 58.3 Å². The van der Waals surface area contributed by atoms with Crippen molar-refractivity contribution in [3.05, 3.63) is 11.6 Å². The van der Waals surface area contributed by atoms with Gasteiger partial charge in [-0.15, -0.1) is 0 Å². The quantitative estimate of drug-likeness (QED) is 0.508. The number of rotatable bonds is 0. The van der Waals surface area contributed by atoms with Gasteiger partial charge in [0.25, 0.3) is 0 Å². The summed E-state index contributed by atoms with van der Waals surface area (Å²) < 4.78 is 0. The maximum atomic E-state index is 8.98. The van der Waals surface area contributed by atoms with Gasteiger partial charge in [-0.1, -0.05) is 17.7 Å². The molecule has 19 heavy (non-hydrogen) atoms. The summed E-state index contributed by atoms with van der Waals surface area (Å²) in [5.41, 5.74) is 3.21. The Morgan fingerprint density at radius 3 is 2.68 bits per heavy atom. The van der Waals surface area contributed by atoms with Gasteiger partial charge in [0.2, 0.25) is 0 Å². The SMILES string of the molecule is CC12CCC3C4CC/C(=N/O)C=C4CCC3C1CC2. The van der Waals surface area contributed by atoms with Crippen LogP contribution in [0.25, 0.3) is 0 Å². The Morgan fingerprint density at radius 2 is 1.95 bits per heavy atom. The molecule has 0 aromatic heterocycles. The van der Waals surface area contributed by atoms with Crippen LogP contribution in [0.5, 0.6) is 0 Å². The average Bonchev–Trinajstić information content (AvgIpc) is 2.42. The molecule has 0 heterocycles. The molecule has 3 saturated carbocycles. The maximum absolute atomic E-state index is 8.98. The topological polar surface area (TPSA) is 32.6 Å². The highest BCUT2D eigenvalue weighted by molar-refractivity contribution is 5.96. The number of hydrogen-bond acceptors (Lipinski definition) is 2. The van der Waals surface area contributed by atoms with E-state index in [0.29, 0.717) is 5.41 Å². The summed E-state index contributed by atoms with van der Waals surface area (Å²) in [7, 11) is 0. The molecule has 0 bridgehead atoms. The summed E-state index contributed by atoms with van der Waals surface area (Å²) in [5, 5.41) is 12.4. The second kappa shape index (κ2) is 4.10. The number of hydrogen-bond donors (Lipinski definition) is 1. The van der Waals surface area contributed by atoms with E-state index in [4.69, 9.17) is 5.21 Å². The molecule has 3 fully saturated rings. The molecule has 0 saturated heterocycles. The minimum Gasteiger partial charge on any atom is -0.411 e. The lowest BCUT2D eigenvalue weighted by Gasteiger charge is -2.60. The first-order valence-corrected chi connectivity index (χ1v) is 8.13. The first-order chi connectivity index (χ1) is 9.21. The van der Waals surface area contributed by atoms with E-state index in [2.05, 4.69) is 18.2 Å². The van der Waals surface area contributed by atoms with E-state index >= 15 is 0 Å². The van der Waals surface area contributed by atoms with E-state index in [0.717, 1.165) is 35.8 Å². The van der Waals surface area contributed by atoms with E-state index in [-0.39, 0.29) is 0 Å². The lowest BCUT2D eigenvalue weighted by atomic mass is 9.45. The molecule has 2 nitrogen and oxygen atoms in total. The fourth-order valence-electron chi connectivity index (χ4n) is 5.81. The summed E-state index contributed by atoms with van der Waals surface area (Å²) in [6, 6.07) is 0. The van der Waals surface area contributed by atoms with Gasteiger partial charge in [-0.25, -0.2) is 0 Å². The lowest BCUT2D eigenvalue weighted by molar-refractivity contribution is -0.0903. The fraction of sp³-hybridized carbons (Fsp3) is 0.824. The number of fused-ring (bicyclic) bond motifs is 5. The molecule has 5 atom stereocenters. The third-order valence-electron chi connectivity index (χ3n) is 6.99. The van der Waals surface area contributed by atoms with Gasteiger partial charge < -0.3 is 5.21 Å². The minimum atomic E-state index is 0.703. The molecular weight excluding hydrogens is 234 g/mol. The molecule has 0 aromatic rings. The van der Waals surface area contributed by atoms with Crippen LogP contribution in [-0.2, 0) is 0 Å². The smallest absolute Gasteiger partial charge is 0.0795 e. The first-order valence-electron chi connectivity index (χ1n) is 8.13. The summed E-state index contributed by atoms with van der Waals surface area (Å²) in [5.74, 6) is 3.79. The van der Waals surface area contributed by atoms with Crippen molar-refractivity contribution in [3.8, 4) is 0 Å². The van der Waals surface area contributed by atoms with Gasteiger partial charge in [-0.3, -0.25) is 0 Å². The van der Waals surface area contributed by atoms with Crippen molar-refractivity contribution < 1.29 is 5.21 Å². The zero-order valence-corrected chi connectivity index (χ0v) is 11.9. The van der Waals surface area contributed by atoms with Gasteiger partial charge in [0.15, 0.2) is 0 Å². The van der Waals surface area contributed by atoms with Crippen LogP contribution < -0.4 is 0 Å². The minimum absolute atomic E-state index is 0.703. The van der Waals surface area contributed by atoms with Gasteiger partial charge in [-0.2, -0.15) is 0 Å². The second-order valence-corrected chi connectivity index (χ2v) is 7.66. The van der Waals surface area contributed by atoms with Gasteiger partial charge in [-0.05, 0) is 86.5 Å². The molecule has 1 N–H and O–H groups in total. The summed E-state index contributed by atoms with van der Waals surface area (Å²) >= 11 is 0. The Bertz CT molecular complexity index is 452. The third-order valence-corrected chi connectivity index (χ3v) is 6.99. The Morgan fingerprint density at radius 1 is 1.11 bits per heavy atom. The van der Waals surface area contributed by atoms with Gasteiger partial charge in [0.05, 0.1) is 5.71 Å². The van der Waals surface area contributed by atoms with Crippen molar-refractivity contribution >= 4 is 5.71 Å². The highest BCUT2D eigenvalue weighted by Gasteiger charge is 2.54. The van der Waals surface area contributed by atoms with Crippen LogP contribution in [0.3, 0.4) is 0 Å². The monoisotopic (exact) mass is 259 g/mol. The van der Waals surface area contributed by atoms with Crippen LogP contribution in [0.1, 0.15) is 58.3 Å². The maximum Gasteiger partial charge on any atom is 0.0795 e. The van der Waals surface area contributed by atoms with Crippen molar-refractivity contribution in [2.75, 3.05) is 0 Å². The summed E-state index contributed by atoms with van der Waals surface area (Å²) in [4.78, 5) is 0. The van der Waals surface area contributed by atoms with E-state index in [1.807, 2.05) is 0 Å². The molecule has 2 heteroatoms. The number of oxime groups is 1. The molecule has 0 aliphatic heterocycles. The Kier molecular flexibility index (Phi) is 2.59. The molecule has 4 aliphatic rings. The van der Waals surface area contributed by atoms with Crippen molar-refractivity contribution in [1.82, 2.24) is 0 Å². The molecule has 0 radical (unpaired) electrons. The van der Waals surface area contributed by atoms with Crippen LogP contribution in [0.15, 0.2) is 16.8 Å². The summed E-state index contributed by atoms with van der Waals surface area (Å²) in [6.07, 6.45) is 13.0.